The van der Waals surface area contributed by atoms with Gasteiger partial charge in [-0.25, -0.2) is 13.1 Å². The van der Waals surface area contributed by atoms with Crippen LogP contribution >= 0.6 is 0 Å². The summed E-state index contributed by atoms with van der Waals surface area (Å²) in [6.45, 7) is 3.36. The maximum atomic E-state index is 12.1. The van der Waals surface area contributed by atoms with E-state index in [1.54, 1.807) is 12.1 Å². The molecule has 0 radical (unpaired) electrons. The van der Waals surface area contributed by atoms with Gasteiger partial charge in [-0.05, 0) is 24.5 Å². The Morgan fingerprint density at radius 1 is 1.32 bits per heavy atom. The van der Waals surface area contributed by atoms with Crippen LogP contribution in [0.1, 0.15) is 24.5 Å². The molecule has 19 heavy (non-hydrogen) atoms. The van der Waals surface area contributed by atoms with E-state index in [9.17, 15) is 8.42 Å². The molecule has 1 aromatic rings. The van der Waals surface area contributed by atoms with Crippen molar-refractivity contribution in [2.75, 3.05) is 13.2 Å². The summed E-state index contributed by atoms with van der Waals surface area (Å²) in [5, 5.41) is 0. The van der Waals surface area contributed by atoms with Gasteiger partial charge in [-0.2, -0.15) is 0 Å². The highest BCUT2D eigenvalue weighted by atomic mass is 32.2. The minimum Gasteiger partial charge on any atom is -0.379 e. The molecule has 1 fully saturated rings. The first-order chi connectivity index (χ1) is 8.92. The Bertz CT molecular complexity index is 519. The molecule has 1 aromatic carbocycles. The topological polar surface area (TPSA) is 81.4 Å². The maximum Gasteiger partial charge on any atom is 0.216 e. The Kier molecular flexibility index (Phi) is 4.25. The molecule has 2 rings (SSSR count). The Labute approximate surface area is 114 Å². The summed E-state index contributed by atoms with van der Waals surface area (Å²) in [6, 6.07) is 7.31. The predicted octanol–water partition coefficient (Wildman–Crippen LogP) is 0.744. The second-order valence-electron chi connectivity index (χ2n) is 5.25. The van der Waals surface area contributed by atoms with Crippen molar-refractivity contribution < 1.29 is 13.2 Å². The lowest BCUT2D eigenvalue weighted by molar-refractivity contribution is 0.178. The molecular weight excluding hydrogens is 264 g/mol. The normalized spacial score (nSPS) is 23.7. The van der Waals surface area contributed by atoms with Gasteiger partial charge in [0.15, 0.2) is 0 Å². The van der Waals surface area contributed by atoms with E-state index in [1.807, 2.05) is 19.1 Å². The number of sulfonamides is 1. The summed E-state index contributed by atoms with van der Waals surface area (Å²) in [5.74, 6) is -0.0204. The van der Waals surface area contributed by atoms with Gasteiger partial charge < -0.3 is 10.5 Å². The minimum atomic E-state index is -3.36. The molecule has 0 aliphatic carbocycles. The van der Waals surface area contributed by atoms with Crippen molar-refractivity contribution in [3.05, 3.63) is 35.4 Å². The lowest BCUT2D eigenvalue weighted by Gasteiger charge is -2.23. The fourth-order valence-corrected chi connectivity index (χ4v) is 3.77. The van der Waals surface area contributed by atoms with Gasteiger partial charge >= 0.3 is 0 Å². The first-order valence-electron chi connectivity index (χ1n) is 6.30. The van der Waals surface area contributed by atoms with Gasteiger partial charge in [-0.15, -0.1) is 0 Å². The van der Waals surface area contributed by atoms with Crippen molar-refractivity contribution in [1.29, 1.82) is 0 Å². The molecule has 0 saturated carbocycles. The van der Waals surface area contributed by atoms with Crippen LogP contribution in [0.4, 0.5) is 0 Å². The number of nitrogens with two attached hydrogens (primary N) is 1. The van der Waals surface area contributed by atoms with Gasteiger partial charge in [0.2, 0.25) is 10.0 Å². The molecule has 1 atom stereocenters. The van der Waals surface area contributed by atoms with Crippen molar-refractivity contribution in [2.24, 2.45) is 5.73 Å². The van der Waals surface area contributed by atoms with Crippen LogP contribution in [0.2, 0.25) is 0 Å². The molecule has 0 spiro atoms. The summed E-state index contributed by atoms with van der Waals surface area (Å²) in [4.78, 5) is 0. The van der Waals surface area contributed by atoms with Crippen molar-refractivity contribution in [1.82, 2.24) is 4.72 Å². The lowest BCUT2D eigenvalue weighted by atomic mass is 10.0. The maximum absolute atomic E-state index is 12.1. The summed E-state index contributed by atoms with van der Waals surface area (Å²) in [5.41, 5.74) is 6.78. The third-order valence-electron chi connectivity index (χ3n) is 3.24. The largest absolute Gasteiger partial charge is 0.379 e. The molecular formula is C13H20N2O3S. The highest BCUT2D eigenvalue weighted by Gasteiger charge is 2.33. The number of hydrogen-bond donors (Lipinski definition) is 2. The zero-order valence-corrected chi connectivity index (χ0v) is 11.9. The highest BCUT2D eigenvalue weighted by Crippen LogP contribution is 2.19. The van der Waals surface area contributed by atoms with Crippen molar-refractivity contribution in [3.63, 3.8) is 0 Å². The van der Waals surface area contributed by atoms with E-state index >= 15 is 0 Å². The molecule has 5 nitrogen and oxygen atoms in total. The van der Waals surface area contributed by atoms with Crippen molar-refractivity contribution >= 4 is 10.0 Å². The Balaban J connectivity index is 2.03. The molecule has 0 bridgehead atoms. The van der Waals surface area contributed by atoms with Crippen LogP contribution in [-0.4, -0.2) is 27.2 Å². The molecule has 1 unspecified atom stereocenters. The number of benzene rings is 1. The molecule has 106 valence electrons. The minimum absolute atomic E-state index is 0.0204. The van der Waals surface area contributed by atoms with Gasteiger partial charge in [0.25, 0.3) is 0 Å². The van der Waals surface area contributed by atoms with Crippen LogP contribution in [0.3, 0.4) is 0 Å². The van der Waals surface area contributed by atoms with Gasteiger partial charge in [0, 0.05) is 13.2 Å². The van der Waals surface area contributed by atoms with Crippen LogP contribution in [0.5, 0.6) is 0 Å². The second-order valence-corrected chi connectivity index (χ2v) is 6.97. The highest BCUT2D eigenvalue weighted by molar-refractivity contribution is 7.88. The molecule has 0 amide bonds. The summed E-state index contributed by atoms with van der Waals surface area (Å²) in [7, 11) is -3.36. The van der Waals surface area contributed by atoms with Gasteiger partial charge in [-0.3, -0.25) is 0 Å². The third kappa shape index (κ3) is 4.01. The molecule has 1 saturated heterocycles. The average Bonchev–Trinajstić information content (AvgIpc) is 2.75. The quantitative estimate of drug-likeness (QED) is 0.836. The molecule has 1 heterocycles. The molecule has 0 aromatic heterocycles. The fourth-order valence-electron chi connectivity index (χ4n) is 2.15. The molecule has 6 heteroatoms. The number of nitrogens with one attached hydrogen (secondary N) is 1. The predicted molar refractivity (Wildman–Crippen MR) is 73.9 cm³/mol. The van der Waals surface area contributed by atoms with Crippen molar-refractivity contribution in [3.8, 4) is 0 Å². The second kappa shape index (κ2) is 5.58. The number of ether oxygens (including phenoxy) is 1. The summed E-state index contributed by atoms with van der Waals surface area (Å²) in [6.07, 6.45) is 0.707. The first-order valence-corrected chi connectivity index (χ1v) is 7.95. The van der Waals surface area contributed by atoms with Gasteiger partial charge in [0.05, 0.1) is 17.9 Å². The van der Waals surface area contributed by atoms with E-state index in [2.05, 4.69) is 4.72 Å². The Hall–Kier alpha value is -0.950. The zero-order valence-electron chi connectivity index (χ0n) is 11.1. The summed E-state index contributed by atoms with van der Waals surface area (Å²) < 4.78 is 32.2. The number of hydrogen-bond acceptors (Lipinski definition) is 4. The van der Waals surface area contributed by atoms with Crippen LogP contribution < -0.4 is 10.5 Å². The van der Waals surface area contributed by atoms with Crippen molar-refractivity contribution in [2.45, 2.75) is 31.2 Å². The van der Waals surface area contributed by atoms with E-state index in [0.29, 0.717) is 26.2 Å². The van der Waals surface area contributed by atoms with Crippen LogP contribution in [0, 0.1) is 0 Å². The lowest BCUT2D eigenvalue weighted by Crippen LogP contribution is -2.46. The monoisotopic (exact) mass is 284 g/mol. The SMILES string of the molecule is CC1(NS(=O)(=O)Cc2ccc(CN)cc2)CCOC1. The molecule has 1 aliphatic rings. The van der Waals surface area contributed by atoms with Gasteiger partial charge in [-0.1, -0.05) is 24.3 Å². The molecule has 3 N–H and O–H groups in total. The van der Waals surface area contributed by atoms with Crippen LogP contribution in [-0.2, 0) is 27.1 Å². The Morgan fingerprint density at radius 3 is 2.47 bits per heavy atom. The first kappa shape index (κ1) is 14.5. The zero-order chi connectivity index (χ0) is 13.9. The standard InChI is InChI=1S/C13H20N2O3S/c1-13(6-7-18-10-13)15-19(16,17)9-12-4-2-11(8-14)3-5-12/h2-5,15H,6-10,14H2,1H3. The third-order valence-corrected chi connectivity index (χ3v) is 4.75. The van der Waals surface area contributed by atoms with Gasteiger partial charge in [0.1, 0.15) is 0 Å². The van der Waals surface area contributed by atoms with E-state index in [4.69, 9.17) is 10.5 Å². The van der Waals surface area contributed by atoms with Crippen LogP contribution in [0.15, 0.2) is 24.3 Å². The molecule has 1 aliphatic heterocycles. The average molecular weight is 284 g/mol. The van der Waals surface area contributed by atoms with E-state index in [-0.39, 0.29) is 5.75 Å². The summed E-state index contributed by atoms with van der Waals surface area (Å²) >= 11 is 0. The Morgan fingerprint density at radius 2 is 1.95 bits per heavy atom. The van der Waals surface area contributed by atoms with Crippen LogP contribution in [0.25, 0.3) is 0 Å². The van der Waals surface area contributed by atoms with E-state index in [1.165, 1.54) is 0 Å². The smallest absolute Gasteiger partial charge is 0.216 e. The van der Waals surface area contributed by atoms with E-state index in [0.717, 1.165) is 11.1 Å². The fraction of sp³-hybridized carbons (Fsp3) is 0.538. The number of rotatable bonds is 5. The van der Waals surface area contributed by atoms with E-state index < -0.39 is 15.6 Å².